The highest BCUT2D eigenvalue weighted by molar-refractivity contribution is 8.01. The van der Waals surface area contributed by atoms with Crippen molar-refractivity contribution in [1.82, 2.24) is 0 Å². The fraction of sp³-hybridized carbons (Fsp3) is 0.385. The number of benzene rings is 1. The van der Waals surface area contributed by atoms with Gasteiger partial charge in [-0.25, -0.2) is 4.39 Å². The predicted molar refractivity (Wildman–Crippen MR) is 76.9 cm³/mol. The Balaban J connectivity index is 3.38. The third-order valence-electron chi connectivity index (χ3n) is 2.86. The molecule has 2 N–H and O–H groups in total. The van der Waals surface area contributed by atoms with Gasteiger partial charge in [0.15, 0.2) is 0 Å². The number of rotatable bonds is 6. The van der Waals surface area contributed by atoms with Crippen LogP contribution in [0.4, 0.5) is 10.1 Å². The number of nitro benzene ring substituents is 1. The van der Waals surface area contributed by atoms with Gasteiger partial charge in [0.2, 0.25) is 5.91 Å². The van der Waals surface area contributed by atoms with Crippen LogP contribution in [0.2, 0.25) is 0 Å². The lowest BCUT2D eigenvalue weighted by Gasteiger charge is -2.29. The highest BCUT2D eigenvalue weighted by Crippen LogP contribution is 2.43. The van der Waals surface area contributed by atoms with Crippen LogP contribution >= 0.6 is 11.8 Å². The lowest BCUT2D eigenvalue weighted by atomic mass is 9.95. The zero-order chi connectivity index (χ0) is 16.2. The van der Waals surface area contributed by atoms with Crippen LogP contribution in [-0.2, 0) is 9.54 Å². The van der Waals surface area contributed by atoms with E-state index in [4.69, 9.17) is 11.0 Å². The third-order valence-corrected chi connectivity index (χ3v) is 4.20. The largest absolute Gasteiger partial charge is 0.370 e. The Labute approximate surface area is 125 Å². The molecule has 1 aromatic rings. The molecule has 0 bridgehead atoms. The van der Waals surface area contributed by atoms with E-state index in [0.717, 1.165) is 30.0 Å². The van der Waals surface area contributed by atoms with Crippen LogP contribution in [0, 0.1) is 27.3 Å². The molecule has 0 fully saturated rings. The Morgan fingerprint density at radius 1 is 1.67 bits per heavy atom. The number of carbonyl (C=O) groups is 1. The van der Waals surface area contributed by atoms with Gasteiger partial charge in [0.1, 0.15) is 5.82 Å². The van der Waals surface area contributed by atoms with Crippen LogP contribution in [0.3, 0.4) is 0 Å². The molecule has 0 aromatic heterocycles. The summed E-state index contributed by atoms with van der Waals surface area (Å²) < 4.78 is 12.9. The average molecular weight is 311 g/mol. The maximum Gasteiger partial charge on any atom is 0.269 e. The van der Waals surface area contributed by atoms with Crippen LogP contribution in [0.1, 0.15) is 25.8 Å². The molecule has 0 aliphatic heterocycles. The van der Waals surface area contributed by atoms with Crippen LogP contribution in [0.25, 0.3) is 0 Å². The first kappa shape index (κ1) is 16.9. The molecule has 0 aliphatic carbocycles. The second-order valence-corrected chi connectivity index (χ2v) is 6.53. The molecule has 0 saturated heterocycles. The van der Waals surface area contributed by atoms with Crippen molar-refractivity contribution in [2.75, 3.05) is 0 Å². The fourth-order valence-corrected chi connectivity index (χ4v) is 3.32. The topological polar surface area (TPSA) is 110 Å². The Bertz CT molecular complexity index is 617. The number of primary amides is 1. The summed E-state index contributed by atoms with van der Waals surface area (Å²) in [5.41, 5.74) is 4.89. The third kappa shape index (κ3) is 4.16. The quantitative estimate of drug-likeness (QED) is 0.641. The number of nitrogens with zero attached hydrogens (tertiary/aromatic N) is 2. The molecule has 8 heteroatoms. The maximum atomic E-state index is 14.1. The van der Waals surface area contributed by atoms with Gasteiger partial charge in [-0.05, 0) is 19.9 Å². The average Bonchev–Trinajstić information content (AvgIpc) is 2.37. The molecule has 0 aliphatic rings. The number of carbonyl (C=O) groups excluding carboxylic acids is 1. The van der Waals surface area contributed by atoms with Crippen LogP contribution in [0.15, 0.2) is 18.2 Å². The van der Waals surface area contributed by atoms with Crippen molar-refractivity contribution in [3.63, 3.8) is 0 Å². The van der Waals surface area contributed by atoms with Crippen molar-refractivity contribution in [3.05, 3.63) is 39.7 Å². The van der Waals surface area contributed by atoms with Gasteiger partial charge in [-0.15, -0.1) is 11.8 Å². The van der Waals surface area contributed by atoms with Crippen LogP contribution in [-0.4, -0.2) is 16.1 Å². The number of halogens is 1. The van der Waals surface area contributed by atoms with Gasteiger partial charge in [0, 0.05) is 24.1 Å². The second kappa shape index (κ2) is 6.54. The fourth-order valence-electron chi connectivity index (χ4n) is 1.98. The van der Waals surface area contributed by atoms with Crippen molar-refractivity contribution < 1.29 is 14.1 Å². The molecule has 1 aromatic carbocycles. The van der Waals surface area contributed by atoms with E-state index >= 15 is 0 Å². The van der Waals surface area contributed by atoms with E-state index in [0.29, 0.717) is 0 Å². The zero-order valence-electron chi connectivity index (χ0n) is 11.5. The Morgan fingerprint density at radius 3 is 2.76 bits per heavy atom. The minimum Gasteiger partial charge on any atom is -0.370 e. The molecule has 0 saturated carbocycles. The number of nitriles is 1. The number of nitrogens with two attached hydrogens (primary N) is 1. The Morgan fingerprint density at radius 2 is 2.29 bits per heavy atom. The first-order valence-corrected chi connectivity index (χ1v) is 6.87. The van der Waals surface area contributed by atoms with Crippen LogP contribution in [0.5, 0.6) is 0 Å². The molecule has 6 nitrogen and oxygen atoms in total. The number of non-ortho nitro benzene ring substituents is 1. The number of nitro groups is 1. The first-order valence-electron chi connectivity index (χ1n) is 6.00. The Hall–Kier alpha value is -2.14. The monoisotopic (exact) mass is 311 g/mol. The summed E-state index contributed by atoms with van der Waals surface area (Å²) in [6.45, 7) is 3.14. The molecular formula is C13H14FN3O3S. The molecule has 2 atom stereocenters. The van der Waals surface area contributed by atoms with E-state index in [1.807, 2.05) is 6.07 Å². The van der Waals surface area contributed by atoms with Gasteiger partial charge in [0.25, 0.3) is 5.69 Å². The molecule has 0 spiro atoms. The molecule has 21 heavy (non-hydrogen) atoms. The summed E-state index contributed by atoms with van der Waals surface area (Å²) in [6.07, 6.45) is -0.234. The minimum atomic E-state index is -1.16. The molecule has 1 unspecified atom stereocenters. The number of thioether (sulfide) groups is 1. The van der Waals surface area contributed by atoms with Crippen molar-refractivity contribution in [1.29, 1.82) is 5.26 Å². The maximum absolute atomic E-state index is 14.1. The second-order valence-electron chi connectivity index (χ2n) is 4.68. The highest BCUT2D eigenvalue weighted by Gasteiger charge is 2.35. The Kier molecular flexibility index (Phi) is 5.27. The predicted octanol–water partition coefficient (Wildman–Crippen LogP) is 2.47. The molecule has 1 rings (SSSR count). The molecule has 1 amide bonds. The summed E-state index contributed by atoms with van der Waals surface area (Å²) in [5, 5.41) is 19.2. The van der Waals surface area contributed by atoms with Crippen molar-refractivity contribution in [3.8, 4) is 6.07 Å². The van der Waals surface area contributed by atoms with Gasteiger partial charge in [0.05, 0.1) is 21.0 Å². The highest BCUT2D eigenvalue weighted by atomic mass is 32.2. The molecule has 0 radical (unpaired) electrons. The van der Waals surface area contributed by atoms with Gasteiger partial charge in [-0.2, -0.15) is 5.26 Å². The van der Waals surface area contributed by atoms with E-state index < -0.39 is 26.6 Å². The van der Waals surface area contributed by atoms with Gasteiger partial charge in [-0.1, -0.05) is 0 Å². The lowest BCUT2D eigenvalue weighted by Crippen LogP contribution is -2.29. The van der Waals surface area contributed by atoms with E-state index in [9.17, 15) is 19.3 Å². The zero-order valence-corrected chi connectivity index (χ0v) is 12.3. The normalized spacial score (nSPS) is 14.8. The lowest BCUT2D eigenvalue weighted by molar-refractivity contribution is -0.385. The van der Waals surface area contributed by atoms with Crippen molar-refractivity contribution in [2.24, 2.45) is 5.73 Å². The summed E-state index contributed by atoms with van der Waals surface area (Å²) >= 11 is 1.04. The standard InChI is InChI=1S/C13H14FN3O3S/c1-8(7-15)21-13(2,6-12(16)18)10-5-9(17(19)20)3-4-11(10)14/h3-5,8H,6H2,1-2H3,(H2,16,18)/t8?,13-/m0/s1. The van der Waals surface area contributed by atoms with Gasteiger partial charge < -0.3 is 5.73 Å². The first-order chi connectivity index (χ1) is 9.69. The number of amides is 1. The molecule has 112 valence electrons. The molecular weight excluding hydrogens is 297 g/mol. The van der Waals surface area contributed by atoms with E-state index in [1.54, 1.807) is 13.8 Å². The van der Waals surface area contributed by atoms with Crippen molar-refractivity contribution >= 4 is 23.4 Å². The van der Waals surface area contributed by atoms with Gasteiger partial charge >= 0.3 is 0 Å². The van der Waals surface area contributed by atoms with Crippen molar-refractivity contribution in [2.45, 2.75) is 30.3 Å². The number of hydrogen-bond donors (Lipinski definition) is 1. The summed E-state index contributed by atoms with van der Waals surface area (Å²) in [6, 6.07) is 5.07. The van der Waals surface area contributed by atoms with E-state index in [1.165, 1.54) is 0 Å². The molecule has 0 heterocycles. The smallest absolute Gasteiger partial charge is 0.269 e. The summed E-state index contributed by atoms with van der Waals surface area (Å²) in [4.78, 5) is 21.4. The SMILES string of the molecule is CC(C#N)S[C@@](C)(CC(N)=O)c1cc([N+](=O)[O-])ccc1F. The summed E-state index contributed by atoms with van der Waals surface area (Å²) in [5.74, 6) is -1.36. The van der Waals surface area contributed by atoms with E-state index in [2.05, 4.69) is 0 Å². The minimum absolute atomic E-state index is 0.0115. The summed E-state index contributed by atoms with van der Waals surface area (Å²) in [7, 11) is 0. The van der Waals surface area contributed by atoms with Gasteiger partial charge in [-0.3, -0.25) is 14.9 Å². The van der Waals surface area contributed by atoms with E-state index in [-0.39, 0.29) is 17.7 Å². The van der Waals surface area contributed by atoms with Crippen LogP contribution < -0.4 is 5.73 Å². The number of hydrogen-bond acceptors (Lipinski definition) is 5.